The van der Waals surface area contributed by atoms with E-state index in [1.54, 1.807) is 6.20 Å². The van der Waals surface area contributed by atoms with Gasteiger partial charge < -0.3 is 15.5 Å². The molecule has 0 radical (unpaired) electrons. The van der Waals surface area contributed by atoms with E-state index < -0.39 is 0 Å². The number of piperidine rings is 2. The molecular weight excluding hydrogens is 374 g/mol. The molecule has 0 saturated carbocycles. The van der Waals surface area contributed by atoms with Gasteiger partial charge in [-0.1, -0.05) is 6.92 Å². The standard InChI is InChI=1S/C24H31N5O/c1-17-12-20(28-23(30)9-6-18-4-2-10-26-14-18)16-29(15-17)22-8-7-19(13-25)24-21(22)5-3-11-27-24/h3,5,7-8,11,17-18,20,26H,2,4,6,9-10,12,14-16H2,1H3,(H,28,30)/t17-,18?,20+/m0/s1. The molecule has 6 heteroatoms. The van der Waals surface area contributed by atoms with E-state index >= 15 is 0 Å². The molecule has 1 aromatic carbocycles. The number of benzene rings is 1. The highest BCUT2D eigenvalue weighted by Crippen LogP contribution is 2.31. The Kier molecular flexibility index (Phi) is 6.49. The second kappa shape index (κ2) is 9.44. The van der Waals surface area contributed by atoms with Crippen molar-refractivity contribution in [2.45, 2.75) is 45.1 Å². The summed E-state index contributed by atoms with van der Waals surface area (Å²) in [6.45, 7) is 6.12. The maximum absolute atomic E-state index is 12.6. The topological polar surface area (TPSA) is 81.0 Å². The highest BCUT2D eigenvalue weighted by molar-refractivity contribution is 5.95. The maximum Gasteiger partial charge on any atom is 0.220 e. The fourth-order valence-electron chi connectivity index (χ4n) is 4.98. The summed E-state index contributed by atoms with van der Waals surface area (Å²) < 4.78 is 0. The van der Waals surface area contributed by atoms with Gasteiger partial charge in [-0.15, -0.1) is 0 Å². The van der Waals surface area contributed by atoms with Gasteiger partial charge in [0.15, 0.2) is 0 Å². The first-order valence-electron chi connectivity index (χ1n) is 11.2. The van der Waals surface area contributed by atoms with Gasteiger partial charge in [0, 0.05) is 42.8 Å². The van der Waals surface area contributed by atoms with Crippen molar-refractivity contribution in [2.75, 3.05) is 31.1 Å². The average Bonchev–Trinajstić information content (AvgIpc) is 2.77. The van der Waals surface area contributed by atoms with Crippen molar-refractivity contribution in [3.63, 3.8) is 0 Å². The molecule has 2 N–H and O–H groups in total. The molecule has 1 unspecified atom stereocenters. The van der Waals surface area contributed by atoms with Crippen LogP contribution >= 0.6 is 0 Å². The number of carbonyl (C=O) groups excluding carboxylic acids is 1. The summed E-state index contributed by atoms with van der Waals surface area (Å²) in [6, 6.07) is 10.2. The molecule has 2 aromatic rings. The van der Waals surface area contributed by atoms with Crippen molar-refractivity contribution in [3.05, 3.63) is 36.0 Å². The number of nitrogens with one attached hydrogen (secondary N) is 2. The van der Waals surface area contributed by atoms with Gasteiger partial charge in [0.05, 0.1) is 11.1 Å². The fourth-order valence-corrected chi connectivity index (χ4v) is 4.98. The van der Waals surface area contributed by atoms with Gasteiger partial charge in [0.1, 0.15) is 6.07 Å². The Bertz CT molecular complexity index is 931. The summed E-state index contributed by atoms with van der Waals surface area (Å²) in [5, 5.41) is 17.1. The SMILES string of the molecule is C[C@H]1C[C@@H](NC(=O)CCC2CCCNC2)CN(c2ccc(C#N)c3ncccc23)C1. The molecule has 0 bridgehead atoms. The van der Waals surface area contributed by atoms with Gasteiger partial charge in [0.2, 0.25) is 5.91 Å². The van der Waals surface area contributed by atoms with Crippen LogP contribution in [-0.2, 0) is 4.79 Å². The van der Waals surface area contributed by atoms with E-state index in [4.69, 9.17) is 0 Å². The molecule has 3 heterocycles. The molecule has 30 heavy (non-hydrogen) atoms. The number of pyridine rings is 1. The number of hydrogen-bond donors (Lipinski definition) is 2. The number of anilines is 1. The molecule has 1 aromatic heterocycles. The predicted octanol–water partition coefficient (Wildman–Crippen LogP) is 3.22. The van der Waals surface area contributed by atoms with Crippen LogP contribution in [0, 0.1) is 23.2 Å². The Morgan fingerprint density at radius 1 is 1.37 bits per heavy atom. The number of nitrogens with zero attached hydrogens (tertiary/aromatic N) is 3. The Labute approximate surface area is 178 Å². The summed E-state index contributed by atoms with van der Waals surface area (Å²) in [4.78, 5) is 19.4. The minimum Gasteiger partial charge on any atom is -0.369 e. The smallest absolute Gasteiger partial charge is 0.220 e. The van der Waals surface area contributed by atoms with E-state index in [9.17, 15) is 10.1 Å². The van der Waals surface area contributed by atoms with E-state index in [1.807, 2.05) is 24.3 Å². The summed E-state index contributed by atoms with van der Waals surface area (Å²) in [5.41, 5.74) is 2.44. The van der Waals surface area contributed by atoms with Crippen molar-refractivity contribution in [2.24, 2.45) is 11.8 Å². The van der Waals surface area contributed by atoms with Crippen molar-refractivity contribution in [1.82, 2.24) is 15.6 Å². The minimum atomic E-state index is 0.146. The third-order valence-electron chi connectivity index (χ3n) is 6.41. The van der Waals surface area contributed by atoms with E-state index in [0.717, 1.165) is 55.6 Å². The predicted molar refractivity (Wildman–Crippen MR) is 119 cm³/mol. The molecule has 2 aliphatic rings. The van der Waals surface area contributed by atoms with Crippen LogP contribution < -0.4 is 15.5 Å². The quantitative estimate of drug-likeness (QED) is 0.798. The number of fused-ring (bicyclic) bond motifs is 1. The Morgan fingerprint density at radius 2 is 2.27 bits per heavy atom. The summed E-state index contributed by atoms with van der Waals surface area (Å²) in [6.07, 6.45) is 6.76. The molecule has 3 atom stereocenters. The molecule has 6 nitrogen and oxygen atoms in total. The van der Waals surface area contributed by atoms with Gasteiger partial charge in [-0.3, -0.25) is 9.78 Å². The van der Waals surface area contributed by atoms with Crippen LogP contribution in [0.15, 0.2) is 30.5 Å². The second-order valence-corrected chi connectivity index (χ2v) is 8.90. The second-order valence-electron chi connectivity index (χ2n) is 8.90. The summed E-state index contributed by atoms with van der Waals surface area (Å²) >= 11 is 0. The molecule has 2 fully saturated rings. The van der Waals surface area contributed by atoms with Crippen molar-refractivity contribution < 1.29 is 4.79 Å². The normalized spacial score (nSPS) is 24.4. The third-order valence-corrected chi connectivity index (χ3v) is 6.41. The average molecular weight is 406 g/mol. The van der Waals surface area contributed by atoms with Crippen LogP contribution in [-0.4, -0.2) is 43.1 Å². The summed E-state index contributed by atoms with van der Waals surface area (Å²) in [7, 11) is 0. The van der Waals surface area contributed by atoms with E-state index in [2.05, 4.69) is 33.5 Å². The number of carbonyl (C=O) groups is 1. The number of rotatable bonds is 5. The Hall–Kier alpha value is -2.65. The first-order chi connectivity index (χ1) is 14.6. The van der Waals surface area contributed by atoms with Crippen molar-refractivity contribution >= 4 is 22.5 Å². The first-order valence-corrected chi connectivity index (χ1v) is 11.2. The minimum absolute atomic E-state index is 0.146. The molecule has 0 spiro atoms. The van der Waals surface area contributed by atoms with Crippen molar-refractivity contribution in [1.29, 1.82) is 5.26 Å². The zero-order chi connectivity index (χ0) is 20.9. The van der Waals surface area contributed by atoms with E-state index in [-0.39, 0.29) is 11.9 Å². The van der Waals surface area contributed by atoms with Crippen LogP contribution in [0.1, 0.15) is 44.6 Å². The molecule has 4 rings (SSSR count). The fraction of sp³-hybridized carbons (Fsp3) is 0.542. The lowest BCUT2D eigenvalue weighted by molar-refractivity contribution is -0.122. The summed E-state index contributed by atoms with van der Waals surface area (Å²) in [5.74, 6) is 1.28. The van der Waals surface area contributed by atoms with Gasteiger partial charge in [0.25, 0.3) is 0 Å². The van der Waals surface area contributed by atoms with Crippen LogP contribution in [0.3, 0.4) is 0 Å². The maximum atomic E-state index is 12.6. The third kappa shape index (κ3) is 4.73. The van der Waals surface area contributed by atoms with E-state index in [0.29, 0.717) is 23.8 Å². The number of amides is 1. The van der Waals surface area contributed by atoms with Crippen LogP contribution in [0.25, 0.3) is 10.9 Å². The molecule has 2 saturated heterocycles. The lowest BCUT2D eigenvalue weighted by atomic mass is 9.93. The molecule has 158 valence electrons. The monoisotopic (exact) mass is 405 g/mol. The number of hydrogen-bond acceptors (Lipinski definition) is 5. The lowest BCUT2D eigenvalue weighted by Gasteiger charge is -2.39. The van der Waals surface area contributed by atoms with E-state index in [1.165, 1.54) is 12.8 Å². The molecule has 2 aliphatic heterocycles. The zero-order valence-corrected chi connectivity index (χ0v) is 17.7. The largest absolute Gasteiger partial charge is 0.369 e. The number of nitriles is 1. The highest BCUT2D eigenvalue weighted by atomic mass is 16.1. The van der Waals surface area contributed by atoms with Crippen molar-refractivity contribution in [3.8, 4) is 6.07 Å². The van der Waals surface area contributed by atoms with Gasteiger partial charge >= 0.3 is 0 Å². The van der Waals surface area contributed by atoms with Crippen LogP contribution in [0.5, 0.6) is 0 Å². The lowest BCUT2D eigenvalue weighted by Crippen LogP contribution is -2.50. The zero-order valence-electron chi connectivity index (χ0n) is 17.7. The highest BCUT2D eigenvalue weighted by Gasteiger charge is 2.27. The van der Waals surface area contributed by atoms with Gasteiger partial charge in [-0.25, -0.2) is 0 Å². The number of aromatic nitrogens is 1. The van der Waals surface area contributed by atoms with Gasteiger partial charge in [-0.05, 0) is 74.9 Å². The van der Waals surface area contributed by atoms with Crippen LogP contribution in [0.4, 0.5) is 5.69 Å². The van der Waals surface area contributed by atoms with Crippen LogP contribution in [0.2, 0.25) is 0 Å². The Balaban J connectivity index is 1.43. The molecule has 0 aliphatic carbocycles. The molecule has 1 amide bonds. The van der Waals surface area contributed by atoms with Gasteiger partial charge in [-0.2, -0.15) is 5.26 Å². The first kappa shape index (κ1) is 20.6. The molecular formula is C24H31N5O. The Morgan fingerprint density at radius 3 is 3.07 bits per heavy atom.